The Morgan fingerprint density at radius 1 is 0.957 bits per heavy atom. The molecule has 0 radical (unpaired) electrons. The van der Waals surface area contributed by atoms with E-state index in [-0.39, 0.29) is 0 Å². The summed E-state index contributed by atoms with van der Waals surface area (Å²) in [5.74, 6) is 0. The Hall–Kier alpha value is -1.87. The maximum absolute atomic E-state index is 10.4. The highest BCUT2D eigenvalue weighted by atomic mass is 35.5. The van der Waals surface area contributed by atoms with Crippen LogP contribution in [0.25, 0.3) is 10.8 Å². The quantitative estimate of drug-likeness (QED) is 0.737. The number of aliphatic hydroxyl groups is 1. The van der Waals surface area contributed by atoms with Crippen LogP contribution in [0.5, 0.6) is 0 Å². The second kappa shape index (κ2) is 7.14. The molecule has 0 fully saturated rings. The highest BCUT2D eigenvalue weighted by Gasteiger charge is 2.12. The Bertz CT molecular complexity index is 780. The van der Waals surface area contributed by atoms with Crippen LogP contribution in [0.1, 0.15) is 17.2 Å². The van der Waals surface area contributed by atoms with E-state index in [4.69, 9.17) is 11.6 Å². The molecule has 3 rings (SSSR count). The molecule has 23 heavy (non-hydrogen) atoms. The van der Waals surface area contributed by atoms with Crippen LogP contribution in [0.15, 0.2) is 66.7 Å². The fourth-order valence-corrected chi connectivity index (χ4v) is 3.00. The molecule has 0 aliphatic carbocycles. The van der Waals surface area contributed by atoms with Gasteiger partial charge in [-0.05, 0) is 41.1 Å². The van der Waals surface area contributed by atoms with E-state index < -0.39 is 6.10 Å². The summed E-state index contributed by atoms with van der Waals surface area (Å²) in [7, 11) is 2.03. The Labute approximate surface area is 141 Å². The van der Waals surface area contributed by atoms with E-state index in [1.54, 1.807) is 0 Å². The Balaban J connectivity index is 1.71. The minimum atomic E-state index is -0.521. The van der Waals surface area contributed by atoms with Gasteiger partial charge in [0.25, 0.3) is 0 Å². The van der Waals surface area contributed by atoms with Crippen molar-refractivity contribution in [3.05, 3.63) is 82.9 Å². The van der Waals surface area contributed by atoms with Gasteiger partial charge >= 0.3 is 0 Å². The molecule has 0 amide bonds. The number of rotatable bonds is 5. The Morgan fingerprint density at radius 3 is 2.43 bits per heavy atom. The Morgan fingerprint density at radius 2 is 1.65 bits per heavy atom. The van der Waals surface area contributed by atoms with E-state index in [0.29, 0.717) is 11.6 Å². The molecule has 3 aromatic rings. The average Bonchev–Trinajstić information content (AvgIpc) is 2.55. The van der Waals surface area contributed by atoms with Crippen molar-refractivity contribution in [1.29, 1.82) is 0 Å². The molecule has 3 aromatic carbocycles. The molecular weight excluding hydrogens is 306 g/mol. The average molecular weight is 326 g/mol. The smallest absolute Gasteiger partial charge is 0.0916 e. The number of nitrogens with zero attached hydrogens (tertiary/aromatic N) is 1. The maximum Gasteiger partial charge on any atom is 0.0916 e. The van der Waals surface area contributed by atoms with Crippen LogP contribution in [-0.4, -0.2) is 23.6 Å². The highest BCUT2D eigenvalue weighted by Crippen LogP contribution is 2.21. The van der Waals surface area contributed by atoms with E-state index in [0.717, 1.165) is 12.1 Å². The molecule has 0 bridgehead atoms. The molecule has 1 atom stereocenters. The summed E-state index contributed by atoms with van der Waals surface area (Å²) in [4.78, 5) is 2.14. The zero-order chi connectivity index (χ0) is 16.2. The van der Waals surface area contributed by atoms with Gasteiger partial charge in [-0.3, -0.25) is 4.90 Å². The van der Waals surface area contributed by atoms with Gasteiger partial charge in [-0.2, -0.15) is 0 Å². The molecule has 0 saturated heterocycles. The molecule has 118 valence electrons. The lowest BCUT2D eigenvalue weighted by molar-refractivity contribution is 0.124. The number of aliphatic hydroxyl groups excluding tert-OH is 1. The third-order valence-electron chi connectivity index (χ3n) is 4.06. The van der Waals surface area contributed by atoms with Crippen LogP contribution in [0, 0.1) is 0 Å². The zero-order valence-corrected chi connectivity index (χ0v) is 13.9. The summed E-state index contributed by atoms with van der Waals surface area (Å²) < 4.78 is 0. The molecule has 0 saturated carbocycles. The zero-order valence-electron chi connectivity index (χ0n) is 13.1. The van der Waals surface area contributed by atoms with Crippen molar-refractivity contribution >= 4 is 22.4 Å². The SMILES string of the molecule is CN(Cc1cccc2ccccc12)CC(O)c1ccc(Cl)cc1. The summed E-state index contributed by atoms with van der Waals surface area (Å²) >= 11 is 5.89. The molecule has 1 unspecified atom stereocenters. The Kier molecular flexibility index (Phi) is 4.97. The lowest BCUT2D eigenvalue weighted by atomic mass is 10.0. The second-order valence-electron chi connectivity index (χ2n) is 5.90. The van der Waals surface area contributed by atoms with Gasteiger partial charge in [-0.15, -0.1) is 0 Å². The number of fused-ring (bicyclic) bond motifs is 1. The van der Waals surface area contributed by atoms with Gasteiger partial charge in [0.15, 0.2) is 0 Å². The lowest BCUT2D eigenvalue weighted by Crippen LogP contribution is -2.24. The standard InChI is InChI=1S/C20H20ClNO/c1-22(14-20(23)16-9-11-18(21)12-10-16)13-17-7-4-6-15-5-2-3-8-19(15)17/h2-12,20,23H,13-14H2,1H3. The first kappa shape index (κ1) is 16.0. The fraction of sp³-hybridized carbons (Fsp3) is 0.200. The second-order valence-corrected chi connectivity index (χ2v) is 6.34. The molecule has 0 aliphatic rings. The minimum absolute atomic E-state index is 0.521. The maximum atomic E-state index is 10.4. The van der Waals surface area contributed by atoms with Crippen LogP contribution < -0.4 is 0 Å². The van der Waals surface area contributed by atoms with Crippen molar-refractivity contribution in [3.8, 4) is 0 Å². The van der Waals surface area contributed by atoms with E-state index in [1.807, 2.05) is 31.3 Å². The summed E-state index contributed by atoms with van der Waals surface area (Å²) in [6.07, 6.45) is -0.521. The van der Waals surface area contributed by atoms with Crippen molar-refractivity contribution in [3.63, 3.8) is 0 Å². The molecule has 2 nitrogen and oxygen atoms in total. The van der Waals surface area contributed by atoms with Gasteiger partial charge in [0.1, 0.15) is 0 Å². The van der Waals surface area contributed by atoms with Crippen molar-refractivity contribution in [2.45, 2.75) is 12.6 Å². The molecular formula is C20H20ClNO. The van der Waals surface area contributed by atoms with Crippen molar-refractivity contribution in [2.24, 2.45) is 0 Å². The van der Waals surface area contributed by atoms with E-state index in [1.165, 1.54) is 16.3 Å². The van der Waals surface area contributed by atoms with E-state index in [2.05, 4.69) is 47.4 Å². The van der Waals surface area contributed by atoms with Crippen LogP contribution in [0.3, 0.4) is 0 Å². The molecule has 0 heterocycles. The number of hydrogen-bond acceptors (Lipinski definition) is 2. The van der Waals surface area contributed by atoms with Crippen LogP contribution >= 0.6 is 11.6 Å². The number of halogens is 1. The van der Waals surface area contributed by atoms with E-state index in [9.17, 15) is 5.11 Å². The summed E-state index contributed by atoms with van der Waals surface area (Å²) in [5, 5.41) is 13.6. The molecule has 3 heteroatoms. The minimum Gasteiger partial charge on any atom is -0.387 e. The number of likely N-dealkylation sites (N-methyl/N-ethyl adjacent to an activating group) is 1. The van der Waals surface area contributed by atoms with Gasteiger partial charge in [0.05, 0.1) is 6.10 Å². The first-order valence-electron chi connectivity index (χ1n) is 7.72. The first-order valence-corrected chi connectivity index (χ1v) is 8.10. The molecule has 1 N–H and O–H groups in total. The van der Waals surface area contributed by atoms with Gasteiger partial charge in [-0.25, -0.2) is 0 Å². The monoisotopic (exact) mass is 325 g/mol. The van der Waals surface area contributed by atoms with Gasteiger partial charge in [-0.1, -0.05) is 66.2 Å². The topological polar surface area (TPSA) is 23.5 Å². The normalized spacial score (nSPS) is 12.7. The van der Waals surface area contributed by atoms with Crippen molar-refractivity contribution in [2.75, 3.05) is 13.6 Å². The highest BCUT2D eigenvalue weighted by molar-refractivity contribution is 6.30. The summed E-state index contributed by atoms with van der Waals surface area (Å²) in [6, 6.07) is 22.1. The molecule has 0 spiro atoms. The first-order chi connectivity index (χ1) is 11.1. The molecule has 0 aromatic heterocycles. The third-order valence-corrected chi connectivity index (χ3v) is 4.31. The number of benzene rings is 3. The largest absolute Gasteiger partial charge is 0.387 e. The summed E-state index contributed by atoms with van der Waals surface area (Å²) in [6.45, 7) is 1.37. The number of hydrogen-bond donors (Lipinski definition) is 1. The van der Waals surface area contributed by atoms with Crippen LogP contribution in [0.4, 0.5) is 0 Å². The van der Waals surface area contributed by atoms with Crippen molar-refractivity contribution in [1.82, 2.24) is 4.90 Å². The van der Waals surface area contributed by atoms with E-state index >= 15 is 0 Å². The van der Waals surface area contributed by atoms with Crippen LogP contribution in [-0.2, 0) is 6.54 Å². The van der Waals surface area contributed by atoms with Gasteiger partial charge < -0.3 is 5.11 Å². The predicted molar refractivity (Wildman–Crippen MR) is 96.7 cm³/mol. The van der Waals surface area contributed by atoms with Crippen LogP contribution in [0.2, 0.25) is 5.02 Å². The predicted octanol–water partition coefficient (Wildman–Crippen LogP) is 4.66. The van der Waals surface area contributed by atoms with Crippen molar-refractivity contribution < 1.29 is 5.11 Å². The fourth-order valence-electron chi connectivity index (χ4n) is 2.87. The third kappa shape index (κ3) is 3.91. The molecule has 0 aliphatic heterocycles. The van der Waals surface area contributed by atoms with Gasteiger partial charge in [0.2, 0.25) is 0 Å². The van der Waals surface area contributed by atoms with Gasteiger partial charge in [0, 0.05) is 18.1 Å². The summed E-state index contributed by atoms with van der Waals surface area (Å²) in [5.41, 5.74) is 2.16. The lowest BCUT2D eigenvalue weighted by Gasteiger charge is -2.21.